The van der Waals surface area contributed by atoms with Crippen LogP contribution in [0.1, 0.15) is 39.9 Å². The molecule has 3 aromatic rings. The quantitative estimate of drug-likeness (QED) is 0.167. The molecule has 0 aliphatic rings. The van der Waals surface area contributed by atoms with Gasteiger partial charge in [0, 0.05) is 23.7 Å². The van der Waals surface area contributed by atoms with Crippen LogP contribution in [-0.4, -0.2) is 41.7 Å². The summed E-state index contributed by atoms with van der Waals surface area (Å²) < 4.78 is 31.1. The molecule has 36 heavy (non-hydrogen) atoms. The Kier molecular flexibility index (Phi) is 11.2. The van der Waals surface area contributed by atoms with Crippen LogP contribution in [-0.2, 0) is 15.7 Å². The van der Waals surface area contributed by atoms with Gasteiger partial charge in [0.1, 0.15) is 30.4 Å². The van der Waals surface area contributed by atoms with Crippen LogP contribution in [0.25, 0.3) is 11.3 Å². The highest BCUT2D eigenvalue weighted by molar-refractivity contribution is 7.44. The van der Waals surface area contributed by atoms with Crippen LogP contribution in [0.2, 0.25) is 0 Å². The van der Waals surface area contributed by atoms with Crippen molar-refractivity contribution >= 4 is 8.53 Å². The predicted octanol–water partition coefficient (Wildman–Crippen LogP) is 6.59. The molecular weight excluding hydrogens is 477 g/mol. The SMILES string of the molecule is CC(C)N(C(C)C)P(OCCC#N)OCCOc1ccc(-c2cc(COc3ccccc3)on2)cc1. The van der Waals surface area contributed by atoms with E-state index in [4.69, 9.17) is 28.3 Å². The Labute approximate surface area is 214 Å². The lowest BCUT2D eigenvalue weighted by molar-refractivity contribution is 0.154. The van der Waals surface area contributed by atoms with E-state index in [1.54, 1.807) is 0 Å². The maximum atomic E-state index is 8.82. The number of nitrogens with zero attached hydrogens (tertiary/aromatic N) is 3. The van der Waals surface area contributed by atoms with E-state index in [0.717, 1.165) is 22.8 Å². The molecule has 0 spiro atoms. The van der Waals surface area contributed by atoms with Crippen molar-refractivity contribution in [3.8, 4) is 28.8 Å². The van der Waals surface area contributed by atoms with Crippen LogP contribution in [0.15, 0.2) is 65.2 Å². The highest BCUT2D eigenvalue weighted by atomic mass is 31.2. The van der Waals surface area contributed by atoms with Gasteiger partial charge >= 0.3 is 0 Å². The van der Waals surface area contributed by atoms with Crippen molar-refractivity contribution in [3.05, 3.63) is 66.4 Å². The lowest BCUT2D eigenvalue weighted by Crippen LogP contribution is -2.34. The maximum absolute atomic E-state index is 8.82. The number of hydrogen-bond acceptors (Lipinski definition) is 8. The molecule has 8 nitrogen and oxygen atoms in total. The molecule has 3 rings (SSSR count). The molecule has 1 aromatic heterocycles. The van der Waals surface area contributed by atoms with Crippen molar-refractivity contribution in [2.45, 2.75) is 52.8 Å². The van der Waals surface area contributed by atoms with E-state index in [-0.39, 0.29) is 12.1 Å². The Bertz CT molecular complexity index is 1060. The molecule has 0 aliphatic carbocycles. The number of benzene rings is 2. The number of ether oxygens (including phenoxy) is 2. The highest BCUT2D eigenvalue weighted by Crippen LogP contribution is 2.45. The average Bonchev–Trinajstić information content (AvgIpc) is 3.35. The first-order chi connectivity index (χ1) is 17.5. The minimum Gasteiger partial charge on any atom is -0.491 e. The van der Waals surface area contributed by atoms with Gasteiger partial charge in [-0.1, -0.05) is 23.4 Å². The van der Waals surface area contributed by atoms with Crippen molar-refractivity contribution in [1.29, 1.82) is 5.26 Å². The fourth-order valence-corrected chi connectivity index (χ4v) is 5.07. The summed E-state index contributed by atoms with van der Waals surface area (Å²) in [5.74, 6) is 2.16. The predicted molar refractivity (Wildman–Crippen MR) is 139 cm³/mol. The van der Waals surface area contributed by atoms with Crippen LogP contribution in [0, 0.1) is 11.3 Å². The van der Waals surface area contributed by atoms with Gasteiger partial charge in [-0.05, 0) is 64.1 Å². The summed E-state index contributed by atoms with van der Waals surface area (Å²) in [5, 5.41) is 13.0. The Morgan fingerprint density at radius 3 is 2.22 bits per heavy atom. The van der Waals surface area contributed by atoms with Crippen LogP contribution in [0.4, 0.5) is 0 Å². The van der Waals surface area contributed by atoms with E-state index < -0.39 is 8.53 Å². The lowest BCUT2D eigenvalue weighted by atomic mass is 10.1. The van der Waals surface area contributed by atoms with E-state index >= 15 is 0 Å². The summed E-state index contributed by atoms with van der Waals surface area (Å²) in [7, 11) is -1.27. The van der Waals surface area contributed by atoms with E-state index in [9.17, 15) is 0 Å². The van der Waals surface area contributed by atoms with Crippen LogP contribution < -0.4 is 9.47 Å². The van der Waals surface area contributed by atoms with Gasteiger partial charge in [0.05, 0.1) is 25.7 Å². The third kappa shape index (κ3) is 8.61. The highest BCUT2D eigenvalue weighted by Gasteiger charge is 2.27. The molecular formula is C27H34N3O5P. The Balaban J connectivity index is 1.47. The van der Waals surface area contributed by atoms with Crippen LogP contribution in [0.5, 0.6) is 11.5 Å². The fraction of sp³-hybridized carbons (Fsp3) is 0.407. The summed E-state index contributed by atoms with van der Waals surface area (Å²) in [4.78, 5) is 0. The summed E-state index contributed by atoms with van der Waals surface area (Å²) in [6.45, 7) is 9.86. The Hall–Kier alpha value is -2.95. The Morgan fingerprint density at radius 1 is 0.889 bits per heavy atom. The van der Waals surface area contributed by atoms with E-state index in [1.807, 2.05) is 60.7 Å². The lowest BCUT2D eigenvalue weighted by Gasteiger charge is -2.35. The third-order valence-corrected chi connectivity index (χ3v) is 7.16. The first-order valence-corrected chi connectivity index (χ1v) is 13.2. The number of nitriles is 1. The molecule has 1 unspecified atom stereocenters. The standard InChI is InChI=1S/C27H34N3O5P/c1-21(2)30(22(3)4)36(33-16-8-15-28)34-18-17-31-25-13-11-23(12-14-25)27-19-26(35-29-27)20-32-24-9-6-5-7-10-24/h5-7,9-14,19,21-22H,8,16-18,20H2,1-4H3. The minimum absolute atomic E-state index is 0.258. The number of hydrogen-bond donors (Lipinski definition) is 0. The van der Waals surface area contributed by atoms with Gasteiger partial charge in [-0.3, -0.25) is 0 Å². The van der Waals surface area contributed by atoms with Gasteiger partial charge in [-0.2, -0.15) is 5.26 Å². The Morgan fingerprint density at radius 2 is 1.56 bits per heavy atom. The molecule has 0 amide bonds. The molecule has 0 fully saturated rings. The average molecular weight is 512 g/mol. The molecule has 0 N–H and O–H groups in total. The molecule has 2 aromatic carbocycles. The summed E-state index contributed by atoms with van der Waals surface area (Å²) in [6.07, 6.45) is 0.335. The summed E-state index contributed by atoms with van der Waals surface area (Å²) >= 11 is 0. The van der Waals surface area contributed by atoms with Gasteiger partial charge < -0.3 is 23.0 Å². The smallest absolute Gasteiger partial charge is 0.259 e. The van der Waals surface area contributed by atoms with E-state index in [0.29, 0.717) is 38.6 Å². The van der Waals surface area contributed by atoms with Gasteiger partial charge in [-0.25, -0.2) is 4.67 Å². The first-order valence-electron chi connectivity index (χ1n) is 12.1. The molecule has 0 saturated heterocycles. The first kappa shape index (κ1) is 27.6. The van der Waals surface area contributed by atoms with Gasteiger partial charge in [0.2, 0.25) is 0 Å². The zero-order valence-corrected chi connectivity index (χ0v) is 22.2. The largest absolute Gasteiger partial charge is 0.491 e. The number of rotatable bonds is 15. The van der Waals surface area contributed by atoms with E-state index in [1.165, 1.54) is 0 Å². The maximum Gasteiger partial charge on any atom is 0.259 e. The molecule has 9 heteroatoms. The van der Waals surface area contributed by atoms with Gasteiger partial charge in [-0.15, -0.1) is 0 Å². The second-order valence-corrected chi connectivity index (χ2v) is 9.99. The zero-order chi connectivity index (χ0) is 25.8. The van der Waals surface area contributed by atoms with Crippen molar-refractivity contribution in [1.82, 2.24) is 9.83 Å². The van der Waals surface area contributed by atoms with Crippen LogP contribution in [0.3, 0.4) is 0 Å². The van der Waals surface area contributed by atoms with Crippen LogP contribution >= 0.6 is 8.53 Å². The van der Waals surface area contributed by atoms with E-state index in [2.05, 4.69) is 43.6 Å². The van der Waals surface area contributed by atoms with Crippen molar-refractivity contribution in [2.24, 2.45) is 0 Å². The normalized spacial score (nSPS) is 12.2. The minimum atomic E-state index is -1.27. The topological polar surface area (TPSA) is 90.0 Å². The summed E-state index contributed by atoms with van der Waals surface area (Å²) in [6, 6.07) is 21.7. The third-order valence-electron chi connectivity index (χ3n) is 5.05. The zero-order valence-electron chi connectivity index (χ0n) is 21.3. The van der Waals surface area contributed by atoms with Gasteiger partial charge in [0.15, 0.2) is 5.76 Å². The second kappa shape index (κ2) is 14.6. The molecule has 1 atom stereocenters. The molecule has 0 bridgehead atoms. The summed E-state index contributed by atoms with van der Waals surface area (Å²) in [5.41, 5.74) is 1.66. The molecule has 1 heterocycles. The number of para-hydroxylation sites is 1. The molecule has 0 saturated carbocycles. The molecule has 0 aliphatic heterocycles. The molecule has 192 valence electrons. The van der Waals surface area contributed by atoms with Gasteiger partial charge in [0.25, 0.3) is 8.53 Å². The second-order valence-electron chi connectivity index (χ2n) is 8.53. The van der Waals surface area contributed by atoms with Crippen molar-refractivity contribution in [2.75, 3.05) is 19.8 Å². The number of aromatic nitrogens is 1. The van der Waals surface area contributed by atoms with Crippen molar-refractivity contribution in [3.63, 3.8) is 0 Å². The molecule has 0 radical (unpaired) electrons. The van der Waals surface area contributed by atoms with Crippen molar-refractivity contribution < 1.29 is 23.0 Å². The fourth-order valence-electron chi connectivity index (χ4n) is 3.50. The monoisotopic (exact) mass is 511 g/mol.